The summed E-state index contributed by atoms with van der Waals surface area (Å²) in [6.07, 6.45) is 3.99. The van der Waals surface area contributed by atoms with Gasteiger partial charge in [0.2, 0.25) is 5.28 Å². The SMILES string of the molecule is CC1CCC(CNc2nc(Cl)nc3sccc23)C1. The van der Waals surface area contributed by atoms with E-state index in [1.165, 1.54) is 19.3 Å². The van der Waals surface area contributed by atoms with Gasteiger partial charge in [0.05, 0.1) is 5.39 Å². The van der Waals surface area contributed by atoms with Gasteiger partial charge in [0.1, 0.15) is 10.6 Å². The van der Waals surface area contributed by atoms with Crippen LogP contribution in [0, 0.1) is 11.8 Å². The molecule has 3 nitrogen and oxygen atoms in total. The zero-order valence-corrected chi connectivity index (χ0v) is 11.9. The number of hydrogen-bond acceptors (Lipinski definition) is 4. The Morgan fingerprint density at radius 3 is 3.11 bits per heavy atom. The van der Waals surface area contributed by atoms with E-state index in [1.54, 1.807) is 11.3 Å². The molecular formula is C13H16ClN3S. The third-order valence-corrected chi connectivity index (χ3v) is 4.64. The van der Waals surface area contributed by atoms with Crippen LogP contribution in [0.25, 0.3) is 10.2 Å². The van der Waals surface area contributed by atoms with Crippen LogP contribution in [-0.2, 0) is 0 Å². The number of fused-ring (bicyclic) bond motifs is 1. The number of rotatable bonds is 3. The van der Waals surface area contributed by atoms with E-state index in [4.69, 9.17) is 11.6 Å². The molecule has 0 amide bonds. The first-order chi connectivity index (χ1) is 8.72. The summed E-state index contributed by atoms with van der Waals surface area (Å²) < 4.78 is 0. The van der Waals surface area contributed by atoms with Gasteiger partial charge in [-0.3, -0.25) is 0 Å². The highest BCUT2D eigenvalue weighted by atomic mass is 35.5. The van der Waals surface area contributed by atoms with E-state index in [0.717, 1.165) is 34.4 Å². The Hall–Kier alpha value is -0.870. The molecule has 0 aliphatic heterocycles. The molecule has 1 fully saturated rings. The molecule has 1 aliphatic rings. The molecule has 0 bridgehead atoms. The summed E-state index contributed by atoms with van der Waals surface area (Å²) >= 11 is 7.54. The van der Waals surface area contributed by atoms with Crippen LogP contribution in [0.4, 0.5) is 5.82 Å². The fourth-order valence-electron chi connectivity index (χ4n) is 2.72. The van der Waals surface area contributed by atoms with E-state index >= 15 is 0 Å². The Bertz CT molecular complexity index is 554. The number of hydrogen-bond donors (Lipinski definition) is 1. The molecule has 0 radical (unpaired) electrons. The lowest BCUT2D eigenvalue weighted by Gasteiger charge is -2.12. The van der Waals surface area contributed by atoms with Crippen molar-refractivity contribution in [1.29, 1.82) is 0 Å². The standard InChI is InChI=1S/C13H16ClN3S/c1-8-2-3-9(6-8)7-15-11-10-4-5-18-12(10)17-13(14)16-11/h4-5,8-9H,2-3,6-7H2,1H3,(H,15,16,17). The third-order valence-electron chi connectivity index (χ3n) is 3.66. The van der Waals surface area contributed by atoms with Gasteiger partial charge in [0.15, 0.2) is 0 Å². The Balaban J connectivity index is 1.75. The van der Waals surface area contributed by atoms with Crippen molar-refractivity contribution in [2.24, 2.45) is 11.8 Å². The van der Waals surface area contributed by atoms with E-state index in [0.29, 0.717) is 5.28 Å². The summed E-state index contributed by atoms with van der Waals surface area (Å²) in [5.41, 5.74) is 0. The maximum absolute atomic E-state index is 5.94. The maximum atomic E-state index is 5.94. The van der Waals surface area contributed by atoms with E-state index in [2.05, 4.69) is 28.3 Å². The number of aromatic nitrogens is 2. The smallest absolute Gasteiger partial charge is 0.225 e. The second kappa shape index (κ2) is 5.02. The zero-order valence-electron chi connectivity index (χ0n) is 10.3. The molecular weight excluding hydrogens is 266 g/mol. The molecule has 0 spiro atoms. The van der Waals surface area contributed by atoms with Crippen molar-refractivity contribution in [3.63, 3.8) is 0 Å². The molecule has 2 unspecified atom stereocenters. The molecule has 1 saturated carbocycles. The number of thiophene rings is 1. The van der Waals surface area contributed by atoms with E-state index in [1.807, 2.05) is 5.38 Å². The molecule has 2 aromatic rings. The second-order valence-electron chi connectivity index (χ2n) is 5.15. The van der Waals surface area contributed by atoms with Crippen LogP contribution in [0.2, 0.25) is 5.28 Å². The molecule has 0 saturated heterocycles. The normalized spacial score (nSPS) is 23.7. The van der Waals surface area contributed by atoms with Gasteiger partial charge in [-0.1, -0.05) is 13.3 Å². The van der Waals surface area contributed by atoms with Crippen molar-refractivity contribution in [1.82, 2.24) is 9.97 Å². The first-order valence-electron chi connectivity index (χ1n) is 6.37. The highest BCUT2D eigenvalue weighted by molar-refractivity contribution is 7.16. The Labute approximate surface area is 116 Å². The first-order valence-corrected chi connectivity index (χ1v) is 7.63. The predicted molar refractivity (Wildman–Crippen MR) is 77.4 cm³/mol. The molecule has 2 atom stereocenters. The van der Waals surface area contributed by atoms with Crippen molar-refractivity contribution >= 4 is 39.0 Å². The minimum absolute atomic E-state index is 0.326. The molecule has 96 valence electrons. The summed E-state index contributed by atoms with van der Waals surface area (Å²) in [6, 6.07) is 2.05. The Kier molecular flexibility index (Phi) is 3.39. The molecule has 0 aromatic carbocycles. The molecule has 18 heavy (non-hydrogen) atoms. The monoisotopic (exact) mass is 281 g/mol. The van der Waals surface area contributed by atoms with Crippen LogP contribution >= 0.6 is 22.9 Å². The Morgan fingerprint density at radius 1 is 1.44 bits per heavy atom. The zero-order chi connectivity index (χ0) is 12.5. The van der Waals surface area contributed by atoms with Gasteiger partial charge in [-0.15, -0.1) is 11.3 Å². The van der Waals surface area contributed by atoms with Gasteiger partial charge in [-0.05, 0) is 47.7 Å². The average molecular weight is 282 g/mol. The van der Waals surface area contributed by atoms with Crippen LogP contribution < -0.4 is 5.32 Å². The highest BCUT2D eigenvalue weighted by Gasteiger charge is 2.21. The van der Waals surface area contributed by atoms with Crippen molar-refractivity contribution < 1.29 is 0 Å². The van der Waals surface area contributed by atoms with Crippen LogP contribution in [0.5, 0.6) is 0 Å². The van der Waals surface area contributed by atoms with Crippen molar-refractivity contribution in [3.05, 3.63) is 16.7 Å². The summed E-state index contributed by atoms with van der Waals surface area (Å²) in [5.74, 6) is 2.51. The van der Waals surface area contributed by atoms with Crippen LogP contribution in [0.15, 0.2) is 11.4 Å². The molecule has 2 aromatic heterocycles. The second-order valence-corrected chi connectivity index (χ2v) is 6.38. The summed E-state index contributed by atoms with van der Waals surface area (Å²) in [4.78, 5) is 9.48. The number of halogens is 1. The molecule has 1 N–H and O–H groups in total. The van der Waals surface area contributed by atoms with Gasteiger partial charge in [-0.25, -0.2) is 9.97 Å². The number of nitrogens with zero attached hydrogens (tertiary/aromatic N) is 2. The van der Waals surface area contributed by atoms with Crippen LogP contribution in [0.1, 0.15) is 26.2 Å². The highest BCUT2D eigenvalue weighted by Crippen LogP contribution is 2.31. The summed E-state index contributed by atoms with van der Waals surface area (Å²) in [7, 11) is 0. The predicted octanol–water partition coefficient (Wildman–Crippen LogP) is 4.19. The Morgan fingerprint density at radius 2 is 2.33 bits per heavy atom. The summed E-state index contributed by atoms with van der Waals surface area (Å²) in [5, 5.41) is 6.88. The fraction of sp³-hybridized carbons (Fsp3) is 0.538. The fourth-order valence-corrected chi connectivity index (χ4v) is 3.70. The minimum atomic E-state index is 0.326. The van der Waals surface area contributed by atoms with E-state index < -0.39 is 0 Å². The largest absolute Gasteiger partial charge is 0.369 e. The number of nitrogens with one attached hydrogen (secondary N) is 1. The lowest BCUT2D eigenvalue weighted by molar-refractivity contribution is 0.536. The van der Waals surface area contributed by atoms with Gasteiger partial charge in [0, 0.05) is 6.54 Å². The molecule has 2 heterocycles. The molecule has 1 aliphatic carbocycles. The molecule has 3 rings (SSSR count). The average Bonchev–Trinajstić information content (AvgIpc) is 2.94. The molecule has 5 heteroatoms. The lowest BCUT2D eigenvalue weighted by Crippen LogP contribution is -2.12. The van der Waals surface area contributed by atoms with Crippen molar-refractivity contribution in [2.75, 3.05) is 11.9 Å². The number of anilines is 1. The van der Waals surface area contributed by atoms with Crippen LogP contribution in [-0.4, -0.2) is 16.5 Å². The third kappa shape index (κ3) is 2.45. The van der Waals surface area contributed by atoms with Gasteiger partial charge in [-0.2, -0.15) is 0 Å². The topological polar surface area (TPSA) is 37.8 Å². The van der Waals surface area contributed by atoms with Gasteiger partial charge < -0.3 is 5.32 Å². The van der Waals surface area contributed by atoms with Crippen LogP contribution in [0.3, 0.4) is 0 Å². The maximum Gasteiger partial charge on any atom is 0.225 e. The quantitative estimate of drug-likeness (QED) is 0.857. The minimum Gasteiger partial charge on any atom is -0.369 e. The van der Waals surface area contributed by atoms with E-state index in [-0.39, 0.29) is 0 Å². The van der Waals surface area contributed by atoms with Crippen molar-refractivity contribution in [3.8, 4) is 0 Å². The summed E-state index contributed by atoms with van der Waals surface area (Å²) in [6.45, 7) is 3.32. The lowest BCUT2D eigenvalue weighted by atomic mass is 10.1. The van der Waals surface area contributed by atoms with E-state index in [9.17, 15) is 0 Å². The van der Waals surface area contributed by atoms with Crippen molar-refractivity contribution in [2.45, 2.75) is 26.2 Å². The van der Waals surface area contributed by atoms with Gasteiger partial charge >= 0.3 is 0 Å². The first kappa shape index (κ1) is 12.2. The van der Waals surface area contributed by atoms with Gasteiger partial charge in [0.25, 0.3) is 0 Å².